The summed E-state index contributed by atoms with van der Waals surface area (Å²) in [5, 5.41) is 6.48. The molecule has 3 aromatic heterocycles. The monoisotopic (exact) mass is 623 g/mol. The van der Waals surface area contributed by atoms with Gasteiger partial charge in [0.2, 0.25) is 5.88 Å². The number of hydrogen-bond acceptors (Lipinski definition) is 7. The number of aromatic nitrogens is 4. The average Bonchev–Trinajstić information content (AvgIpc) is 3.55. The van der Waals surface area contributed by atoms with Gasteiger partial charge in [0.05, 0.1) is 37.3 Å². The van der Waals surface area contributed by atoms with E-state index in [2.05, 4.69) is 113 Å². The molecule has 0 unspecified atom stereocenters. The van der Waals surface area contributed by atoms with Crippen LogP contribution in [0, 0.1) is 0 Å². The van der Waals surface area contributed by atoms with Crippen molar-refractivity contribution in [2.45, 2.75) is 24.5 Å². The first-order chi connectivity index (χ1) is 23.3. The lowest BCUT2D eigenvalue weighted by atomic mass is 9.77. The molecule has 3 aromatic carbocycles. The third-order valence-corrected chi connectivity index (χ3v) is 9.25. The van der Waals surface area contributed by atoms with Gasteiger partial charge in [-0.2, -0.15) is 5.10 Å². The second kappa shape index (κ2) is 13.0. The van der Waals surface area contributed by atoms with Crippen LogP contribution in [-0.4, -0.2) is 65.4 Å². The maximum absolute atomic E-state index is 6.73. The molecule has 0 spiro atoms. The molecule has 2 aliphatic heterocycles. The third-order valence-electron chi connectivity index (χ3n) is 9.25. The van der Waals surface area contributed by atoms with Gasteiger partial charge in [-0.25, -0.2) is 14.6 Å². The lowest BCUT2D eigenvalue weighted by Crippen LogP contribution is -2.38. The molecule has 2 fully saturated rings. The van der Waals surface area contributed by atoms with E-state index in [1.54, 1.807) is 0 Å². The lowest BCUT2D eigenvalue weighted by molar-refractivity contribution is 0.0244. The zero-order valence-corrected chi connectivity index (χ0v) is 26.2. The van der Waals surface area contributed by atoms with Gasteiger partial charge in [0, 0.05) is 43.9 Å². The minimum absolute atomic E-state index is 0.0153. The van der Waals surface area contributed by atoms with Crippen LogP contribution in [0.15, 0.2) is 122 Å². The molecule has 8 nitrogen and oxygen atoms in total. The summed E-state index contributed by atoms with van der Waals surface area (Å²) in [6.07, 6.45) is 5.37. The van der Waals surface area contributed by atoms with Crippen molar-refractivity contribution >= 4 is 16.7 Å². The van der Waals surface area contributed by atoms with Crippen LogP contribution in [0.3, 0.4) is 0 Å². The fraction of sp³-hybridized carbons (Fsp3) is 0.256. The highest BCUT2D eigenvalue weighted by Crippen LogP contribution is 2.45. The van der Waals surface area contributed by atoms with Crippen molar-refractivity contribution in [1.29, 1.82) is 0 Å². The molecule has 0 N–H and O–H groups in total. The summed E-state index contributed by atoms with van der Waals surface area (Å²) in [4.78, 5) is 11.9. The average molecular weight is 624 g/mol. The van der Waals surface area contributed by atoms with E-state index in [4.69, 9.17) is 29.3 Å². The van der Waals surface area contributed by atoms with E-state index in [0.29, 0.717) is 32.3 Å². The van der Waals surface area contributed by atoms with E-state index in [0.717, 1.165) is 70.6 Å². The van der Waals surface area contributed by atoms with Gasteiger partial charge in [-0.3, -0.25) is 0 Å². The Morgan fingerprint density at radius 2 is 1.23 bits per heavy atom. The summed E-state index contributed by atoms with van der Waals surface area (Å²) in [6, 6.07) is 38.2. The van der Waals surface area contributed by atoms with Crippen molar-refractivity contribution in [3.05, 3.63) is 138 Å². The normalized spacial score (nSPS) is 16.0. The number of anilines is 1. The van der Waals surface area contributed by atoms with Crippen LogP contribution in [0.25, 0.3) is 22.2 Å². The van der Waals surface area contributed by atoms with Crippen LogP contribution in [0.4, 0.5) is 5.82 Å². The van der Waals surface area contributed by atoms with Crippen molar-refractivity contribution in [3.63, 3.8) is 0 Å². The lowest BCUT2D eigenvalue weighted by Gasteiger charge is -2.37. The second-order valence-corrected chi connectivity index (χ2v) is 12.0. The van der Waals surface area contributed by atoms with Crippen molar-refractivity contribution in [3.8, 4) is 17.1 Å². The maximum atomic E-state index is 6.73. The van der Waals surface area contributed by atoms with E-state index in [1.165, 1.54) is 0 Å². The maximum Gasteiger partial charge on any atom is 0.225 e. The zero-order valence-electron chi connectivity index (χ0n) is 26.2. The van der Waals surface area contributed by atoms with Crippen molar-refractivity contribution in [2.75, 3.05) is 44.4 Å². The van der Waals surface area contributed by atoms with Crippen LogP contribution in [0.5, 0.6) is 5.88 Å². The van der Waals surface area contributed by atoms with Gasteiger partial charge in [0.15, 0.2) is 0 Å². The van der Waals surface area contributed by atoms with Gasteiger partial charge >= 0.3 is 0 Å². The molecule has 0 aliphatic carbocycles. The summed E-state index contributed by atoms with van der Waals surface area (Å²) in [6.45, 7) is 4.32. The van der Waals surface area contributed by atoms with Gasteiger partial charge in [-0.05, 0) is 34.9 Å². The number of rotatable bonds is 8. The summed E-state index contributed by atoms with van der Waals surface area (Å²) in [5.74, 6) is 1.49. The van der Waals surface area contributed by atoms with Crippen LogP contribution >= 0.6 is 0 Å². The Morgan fingerprint density at radius 1 is 0.660 bits per heavy atom. The number of nitrogens with zero attached hydrogens (tertiary/aromatic N) is 5. The largest absolute Gasteiger partial charge is 0.474 e. The predicted molar refractivity (Wildman–Crippen MR) is 183 cm³/mol. The number of pyridine rings is 2. The molecule has 8 heteroatoms. The van der Waals surface area contributed by atoms with Crippen LogP contribution in [0.2, 0.25) is 0 Å². The summed E-state index contributed by atoms with van der Waals surface area (Å²) >= 11 is 0. The highest BCUT2D eigenvalue weighted by molar-refractivity contribution is 5.98. The van der Waals surface area contributed by atoms with Gasteiger partial charge in [-0.15, -0.1) is 0 Å². The molecule has 8 rings (SSSR count). The first kappa shape index (κ1) is 29.4. The molecular formula is C39H37N5O3. The molecule has 2 aliphatic rings. The fourth-order valence-electron chi connectivity index (χ4n) is 6.97. The molecule has 2 saturated heterocycles. The smallest absolute Gasteiger partial charge is 0.225 e. The summed E-state index contributed by atoms with van der Waals surface area (Å²) in [5.41, 5.74) is 5.18. The van der Waals surface area contributed by atoms with Gasteiger partial charge in [0.1, 0.15) is 23.2 Å². The minimum atomic E-state index is -0.808. The first-order valence-electron chi connectivity index (χ1n) is 16.4. The van der Waals surface area contributed by atoms with E-state index in [9.17, 15) is 0 Å². The van der Waals surface area contributed by atoms with Crippen molar-refractivity contribution in [2.24, 2.45) is 0 Å². The van der Waals surface area contributed by atoms with Crippen molar-refractivity contribution in [1.82, 2.24) is 19.7 Å². The Kier molecular flexibility index (Phi) is 8.11. The first-order valence-corrected chi connectivity index (χ1v) is 16.4. The standard InChI is InChI=1S/C39H37N5O3/c1-4-10-30(11-5-1)39(31-12-6-2-7-13-31,32-14-8-3-9-15-32)44-34-17-21-41-38(47-33-18-24-45-25-19-33)36(34)37(42-44)29-16-20-40-35(28-29)43-22-26-46-27-23-43/h1-17,20-21,28,33H,18-19,22-27H2. The van der Waals surface area contributed by atoms with Gasteiger partial charge in [0.25, 0.3) is 0 Å². The molecule has 6 aromatic rings. The Hall–Kier alpha value is -5.05. The summed E-state index contributed by atoms with van der Waals surface area (Å²) in [7, 11) is 0. The van der Waals surface area contributed by atoms with Crippen LogP contribution < -0.4 is 9.64 Å². The topological polar surface area (TPSA) is 74.5 Å². The van der Waals surface area contributed by atoms with Crippen LogP contribution in [0.1, 0.15) is 29.5 Å². The van der Waals surface area contributed by atoms with Gasteiger partial charge in [-0.1, -0.05) is 91.0 Å². The molecule has 0 bridgehead atoms. The molecule has 0 amide bonds. The Morgan fingerprint density at radius 3 is 1.85 bits per heavy atom. The predicted octanol–water partition coefficient (Wildman–Crippen LogP) is 6.73. The Balaban J connectivity index is 1.43. The Labute approximate surface area is 274 Å². The number of benzene rings is 3. The Bertz CT molecular complexity index is 1840. The van der Waals surface area contributed by atoms with E-state index >= 15 is 0 Å². The third kappa shape index (κ3) is 5.43. The second-order valence-electron chi connectivity index (χ2n) is 12.0. The van der Waals surface area contributed by atoms with E-state index in [-0.39, 0.29) is 6.10 Å². The number of fused-ring (bicyclic) bond motifs is 1. The summed E-state index contributed by atoms with van der Waals surface area (Å²) < 4.78 is 20.2. The van der Waals surface area contributed by atoms with E-state index in [1.807, 2.05) is 18.5 Å². The molecular weight excluding hydrogens is 586 g/mol. The van der Waals surface area contributed by atoms with E-state index < -0.39 is 5.54 Å². The molecule has 236 valence electrons. The minimum Gasteiger partial charge on any atom is -0.474 e. The number of morpholine rings is 1. The van der Waals surface area contributed by atoms with Gasteiger partial charge < -0.3 is 19.1 Å². The SMILES string of the molecule is c1ccc(C(c2ccccc2)(c2ccccc2)n2nc(-c3ccnc(N4CCOCC4)c3)c3c(OC4CCOCC4)nccc32)cc1. The molecule has 47 heavy (non-hydrogen) atoms. The number of ether oxygens (including phenoxy) is 3. The highest BCUT2D eigenvalue weighted by atomic mass is 16.5. The fourth-order valence-corrected chi connectivity index (χ4v) is 6.97. The van der Waals surface area contributed by atoms with Crippen LogP contribution in [-0.2, 0) is 15.0 Å². The highest BCUT2D eigenvalue weighted by Gasteiger charge is 2.41. The quantitative estimate of drug-likeness (QED) is 0.174. The zero-order chi connectivity index (χ0) is 31.5. The molecule has 5 heterocycles. The van der Waals surface area contributed by atoms with Crippen molar-refractivity contribution < 1.29 is 14.2 Å². The number of hydrogen-bond donors (Lipinski definition) is 0. The molecule has 0 atom stereocenters. The molecule has 0 radical (unpaired) electrons. The molecule has 0 saturated carbocycles.